The van der Waals surface area contributed by atoms with Gasteiger partial charge in [0.25, 0.3) is 5.91 Å². The van der Waals surface area contributed by atoms with Gasteiger partial charge in [-0.05, 0) is 37.5 Å². The summed E-state index contributed by atoms with van der Waals surface area (Å²) in [6, 6.07) is 9.47. The van der Waals surface area contributed by atoms with Gasteiger partial charge in [0.2, 0.25) is 0 Å². The second-order valence-electron chi connectivity index (χ2n) is 5.95. The zero-order chi connectivity index (χ0) is 18.1. The highest BCUT2D eigenvalue weighted by Gasteiger charge is 2.10. The number of amides is 1. The van der Waals surface area contributed by atoms with E-state index >= 15 is 0 Å². The SMILES string of the molecule is CCCCCNC(=O)c1cc(NCCc2ccc(Cl)cc2)nc(C)n1. The normalized spacial score (nSPS) is 10.5. The smallest absolute Gasteiger partial charge is 0.270 e. The molecule has 25 heavy (non-hydrogen) atoms. The van der Waals surface area contributed by atoms with Gasteiger partial charge in [-0.25, -0.2) is 9.97 Å². The number of benzene rings is 1. The molecule has 1 amide bonds. The van der Waals surface area contributed by atoms with Crippen molar-refractivity contribution in [2.75, 3.05) is 18.4 Å². The highest BCUT2D eigenvalue weighted by molar-refractivity contribution is 6.30. The van der Waals surface area contributed by atoms with Crippen LogP contribution in [0.25, 0.3) is 0 Å². The molecule has 0 saturated carbocycles. The molecule has 1 heterocycles. The highest BCUT2D eigenvalue weighted by Crippen LogP contribution is 2.11. The zero-order valence-electron chi connectivity index (χ0n) is 14.8. The minimum atomic E-state index is -0.151. The summed E-state index contributed by atoms with van der Waals surface area (Å²) < 4.78 is 0. The molecular weight excluding hydrogens is 336 g/mol. The van der Waals surface area contributed by atoms with Crippen molar-refractivity contribution in [3.63, 3.8) is 0 Å². The number of unbranched alkanes of at least 4 members (excludes halogenated alkanes) is 2. The predicted molar refractivity (Wildman–Crippen MR) is 102 cm³/mol. The average Bonchev–Trinajstić information content (AvgIpc) is 2.60. The molecule has 1 aromatic heterocycles. The van der Waals surface area contributed by atoms with E-state index in [1.54, 1.807) is 13.0 Å². The Morgan fingerprint density at radius 3 is 2.60 bits per heavy atom. The third-order valence-electron chi connectivity index (χ3n) is 3.77. The summed E-state index contributed by atoms with van der Waals surface area (Å²) in [5, 5.41) is 6.90. The molecule has 2 rings (SSSR count). The fraction of sp³-hybridized carbons (Fsp3) is 0.421. The monoisotopic (exact) mass is 360 g/mol. The van der Waals surface area contributed by atoms with Crippen LogP contribution in [0.15, 0.2) is 30.3 Å². The van der Waals surface area contributed by atoms with Crippen LogP contribution in [0.4, 0.5) is 5.82 Å². The van der Waals surface area contributed by atoms with Crippen molar-refractivity contribution in [2.45, 2.75) is 39.5 Å². The number of nitrogens with zero attached hydrogens (tertiary/aromatic N) is 2. The Hall–Kier alpha value is -2.14. The van der Waals surface area contributed by atoms with Gasteiger partial charge in [0, 0.05) is 24.2 Å². The fourth-order valence-electron chi connectivity index (χ4n) is 2.43. The second-order valence-corrected chi connectivity index (χ2v) is 6.39. The Morgan fingerprint density at radius 2 is 1.88 bits per heavy atom. The number of aromatic nitrogens is 2. The lowest BCUT2D eigenvalue weighted by Gasteiger charge is -2.09. The average molecular weight is 361 g/mol. The lowest BCUT2D eigenvalue weighted by molar-refractivity contribution is 0.0947. The first kappa shape index (κ1) is 19.2. The molecule has 0 radical (unpaired) electrons. The van der Waals surface area contributed by atoms with E-state index in [1.807, 2.05) is 24.3 Å². The van der Waals surface area contributed by atoms with Crippen LogP contribution < -0.4 is 10.6 Å². The van der Waals surface area contributed by atoms with Crippen molar-refractivity contribution in [1.29, 1.82) is 0 Å². The summed E-state index contributed by atoms with van der Waals surface area (Å²) in [4.78, 5) is 20.8. The van der Waals surface area contributed by atoms with Crippen molar-refractivity contribution >= 4 is 23.3 Å². The van der Waals surface area contributed by atoms with Crippen LogP contribution in [0.1, 0.15) is 48.1 Å². The van der Waals surface area contributed by atoms with E-state index in [9.17, 15) is 4.79 Å². The van der Waals surface area contributed by atoms with E-state index in [-0.39, 0.29) is 5.91 Å². The minimum Gasteiger partial charge on any atom is -0.370 e. The van der Waals surface area contributed by atoms with Crippen LogP contribution in [0, 0.1) is 6.92 Å². The molecule has 0 saturated heterocycles. The molecule has 5 nitrogen and oxygen atoms in total. The van der Waals surface area contributed by atoms with Crippen molar-refractivity contribution in [2.24, 2.45) is 0 Å². The maximum Gasteiger partial charge on any atom is 0.270 e. The quantitative estimate of drug-likeness (QED) is 0.663. The summed E-state index contributed by atoms with van der Waals surface area (Å²) in [6.07, 6.45) is 4.07. The van der Waals surface area contributed by atoms with Gasteiger partial charge in [0.05, 0.1) is 0 Å². The lowest BCUT2D eigenvalue weighted by Crippen LogP contribution is -2.26. The standard InChI is InChI=1S/C19H25ClN4O/c1-3-4-5-11-22-19(25)17-13-18(24-14(2)23-17)21-12-10-15-6-8-16(20)9-7-15/h6-9,13H,3-5,10-12H2,1-2H3,(H,22,25)(H,21,23,24). The topological polar surface area (TPSA) is 66.9 Å². The maximum atomic E-state index is 12.2. The molecule has 0 bridgehead atoms. The fourth-order valence-corrected chi connectivity index (χ4v) is 2.55. The molecule has 0 aliphatic carbocycles. The van der Waals surface area contributed by atoms with E-state index in [0.717, 1.165) is 37.3 Å². The van der Waals surface area contributed by atoms with Gasteiger partial charge in [0.1, 0.15) is 17.3 Å². The maximum absolute atomic E-state index is 12.2. The van der Waals surface area contributed by atoms with Crippen molar-refractivity contribution in [3.8, 4) is 0 Å². The Balaban J connectivity index is 1.89. The molecule has 1 aromatic carbocycles. The van der Waals surface area contributed by atoms with Gasteiger partial charge in [-0.1, -0.05) is 43.5 Å². The van der Waals surface area contributed by atoms with E-state index in [0.29, 0.717) is 23.9 Å². The largest absolute Gasteiger partial charge is 0.370 e. The molecule has 2 aromatic rings. The zero-order valence-corrected chi connectivity index (χ0v) is 15.6. The summed E-state index contributed by atoms with van der Waals surface area (Å²) in [5.41, 5.74) is 1.59. The van der Waals surface area contributed by atoms with Crippen molar-refractivity contribution in [1.82, 2.24) is 15.3 Å². The van der Waals surface area contributed by atoms with Crippen LogP contribution >= 0.6 is 11.6 Å². The van der Waals surface area contributed by atoms with E-state index in [1.165, 1.54) is 5.56 Å². The van der Waals surface area contributed by atoms with Gasteiger partial charge in [0.15, 0.2) is 0 Å². The molecule has 0 aliphatic heterocycles. The Morgan fingerprint density at radius 1 is 1.12 bits per heavy atom. The Bertz CT molecular complexity index is 688. The van der Waals surface area contributed by atoms with Gasteiger partial charge >= 0.3 is 0 Å². The molecule has 0 fully saturated rings. The third-order valence-corrected chi connectivity index (χ3v) is 4.02. The van der Waals surface area contributed by atoms with Crippen LogP contribution in [0.3, 0.4) is 0 Å². The lowest BCUT2D eigenvalue weighted by atomic mass is 10.1. The van der Waals surface area contributed by atoms with Crippen LogP contribution in [-0.4, -0.2) is 29.0 Å². The first-order chi connectivity index (χ1) is 12.1. The number of hydrogen-bond donors (Lipinski definition) is 2. The van der Waals surface area contributed by atoms with E-state index in [4.69, 9.17) is 11.6 Å². The molecule has 0 spiro atoms. The number of hydrogen-bond acceptors (Lipinski definition) is 4. The first-order valence-electron chi connectivity index (χ1n) is 8.70. The number of carbonyl (C=O) groups is 1. The number of nitrogens with one attached hydrogen (secondary N) is 2. The predicted octanol–water partition coefficient (Wildman–Crippen LogP) is 4.01. The van der Waals surface area contributed by atoms with E-state index in [2.05, 4.69) is 27.5 Å². The number of halogens is 1. The van der Waals surface area contributed by atoms with Crippen molar-refractivity contribution in [3.05, 3.63) is 52.4 Å². The van der Waals surface area contributed by atoms with Gasteiger partial charge in [-0.3, -0.25) is 4.79 Å². The van der Waals surface area contributed by atoms with Crippen molar-refractivity contribution < 1.29 is 4.79 Å². The third kappa shape index (κ3) is 6.70. The molecule has 0 atom stereocenters. The summed E-state index contributed by atoms with van der Waals surface area (Å²) in [5.74, 6) is 1.10. The molecule has 0 aliphatic rings. The second kappa shape index (κ2) is 9.99. The number of anilines is 1. The Labute approximate surface area is 154 Å². The van der Waals surface area contributed by atoms with Crippen LogP contribution in [0.5, 0.6) is 0 Å². The number of rotatable bonds is 9. The van der Waals surface area contributed by atoms with Crippen LogP contribution in [0.2, 0.25) is 5.02 Å². The van der Waals surface area contributed by atoms with Crippen LogP contribution in [-0.2, 0) is 6.42 Å². The van der Waals surface area contributed by atoms with Gasteiger partial charge in [-0.2, -0.15) is 0 Å². The Kier molecular flexibility index (Phi) is 7.67. The van der Waals surface area contributed by atoms with Gasteiger partial charge in [-0.15, -0.1) is 0 Å². The molecule has 2 N–H and O–H groups in total. The molecule has 6 heteroatoms. The summed E-state index contributed by atoms with van der Waals surface area (Å²) in [7, 11) is 0. The molecule has 134 valence electrons. The van der Waals surface area contributed by atoms with E-state index < -0.39 is 0 Å². The summed E-state index contributed by atoms with van der Waals surface area (Å²) in [6.45, 7) is 5.32. The number of aryl methyl sites for hydroxylation is 1. The molecule has 0 unspecified atom stereocenters. The summed E-state index contributed by atoms with van der Waals surface area (Å²) >= 11 is 5.89. The highest BCUT2D eigenvalue weighted by atomic mass is 35.5. The minimum absolute atomic E-state index is 0.151. The molecular formula is C19H25ClN4O. The number of carbonyl (C=O) groups excluding carboxylic acids is 1. The van der Waals surface area contributed by atoms with Gasteiger partial charge < -0.3 is 10.6 Å². The first-order valence-corrected chi connectivity index (χ1v) is 9.08.